The first-order chi connectivity index (χ1) is 12.9. The second kappa shape index (κ2) is 7.77. The molecule has 0 aromatic carbocycles. The van der Waals surface area contributed by atoms with E-state index in [4.69, 9.17) is 15.7 Å². The van der Waals surface area contributed by atoms with Crippen LogP contribution in [0.1, 0.15) is 61.7 Å². The molecule has 3 rings (SSSR count). The summed E-state index contributed by atoms with van der Waals surface area (Å²) in [5, 5.41) is 0. The summed E-state index contributed by atoms with van der Waals surface area (Å²) in [4.78, 5) is 9.71. The lowest BCUT2D eigenvalue weighted by Gasteiger charge is -2.16. The monoisotopic (exact) mass is 368 g/mol. The van der Waals surface area contributed by atoms with Crippen molar-refractivity contribution in [3.63, 3.8) is 0 Å². The third kappa shape index (κ3) is 3.48. The highest BCUT2D eigenvalue weighted by Crippen LogP contribution is 2.32. The van der Waals surface area contributed by atoms with E-state index in [1.165, 1.54) is 0 Å². The van der Waals surface area contributed by atoms with Crippen LogP contribution >= 0.6 is 0 Å². The third-order valence-corrected chi connectivity index (χ3v) is 5.26. The number of rotatable bonds is 6. The zero-order valence-corrected chi connectivity index (χ0v) is 16.9. The van der Waals surface area contributed by atoms with E-state index in [9.17, 15) is 4.39 Å². The molecule has 1 atom stereocenters. The number of pyridine rings is 2. The van der Waals surface area contributed by atoms with Gasteiger partial charge in [0.15, 0.2) is 0 Å². The minimum atomic E-state index is -0.377. The van der Waals surface area contributed by atoms with Crippen molar-refractivity contribution in [2.75, 3.05) is 6.67 Å². The lowest BCUT2D eigenvalue weighted by molar-refractivity contribution is 0.355. The molecule has 3 heterocycles. The van der Waals surface area contributed by atoms with Gasteiger partial charge in [-0.25, -0.2) is 9.37 Å². The highest BCUT2D eigenvalue weighted by atomic mass is 19.1. The summed E-state index contributed by atoms with van der Waals surface area (Å²) in [5.74, 6) is 0.351. The first-order valence-electron chi connectivity index (χ1n) is 9.66. The van der Waals surface area contributed by atoms with Crippen LogP contribution in [-0.2, 0) is 6.54 Å². The van der Waals surface area contributed by atoms with Gasteiger partial charge in [0.1, 0.15) is 6.67 Å². The molecule has 5 heteroatoms. The summed E-state index contributed by atoms with van der Waals surface area (Å²) >= 11 is 0. The van der Waals surface area contributed by atoms with E-state index in [-0.39, 0.29) is 12.7 Å². The van der Waals surface area contributed by atoms with E-state index in [1.807, 2.05) is 31.5 Å². The maximum atomic E-state index is 13.5. The van der Waals surface area contributed by atoms with E-state index in [1.54, 1.807) is 0 Å². The molecular weight excluding hydrogens is 339 g/mol. The molecule has 0 aliphatic carbocycles. The Hall–Kier alpha value is -2.27. The number of hydrogen-bond donors (Lipinski definition) is 1. The first kappa shape index (κ1) is 19.5. The third-order valence-electron chi connectivity index (χ3n) is 5.26. The maximum absolute atomic E-state index is 13.5. The van der Waals surface area contributed by atoms with Crippen molar-refractivity contribution in [2.45, 2.75) is 59.5 Å². The molecule has 4 nitrogen and oxygen atoms in total. The molecule has 144 valence electrons. The van der Waals surface area contributed by atoms with Gasteiger partial charge in [-0.2, -0.15) is 0 Å². The minimum absolute atomic E-state index is 0.153. The normalized spacial score (nSPS) is 12.9. The number of fused-ring (bicyclic) bond motifs is 1. The van der Waals surface area contributed by atoms with E-state index < -0.39 is 0 Å². The van der Waals surface area contributed by atoms with Crippen LogP contribution in [0.5, 0.6) is 0 Å². The largest absolute Gasteiger partial charge is 0.340 e. The Morgan fingerprint density at radius 2 is 1.89 bits per heavy atom. The summed E-state index contributed by atoms with van der Waals surface area (Å²) < 4.78 is 15.5. The van der Waals surface area contributed by atoms with Gasteiger partial charge in [-0.3, -0.25) is 4.98 Å². The maximum Gasteiger partial charge on any atom is 0.110 e. The minimum Gasteiger partial charge on any atom is -0.340 e. The molecule has 0 spiro atoms. The number of hydrogen-bond acceptors (Lipinski definition) is 3. The van der Waals surface area contributed by atoms with Crippen LogP contribution in [0.4, 0.5) is 4.39 Å². The fraction of sp³-hybridized carbons (Fsp3) is 0.455. The van der Waals surface area contributed by atoms with Crippen molar-refractivity contribution in [1.82, 2.24) is 14.5 Å². The summed E-state index contributed by atoms with van der Waals surface area (Å²) in [7, 11) is 0. The van der Waals surface area contributed by atoms with Crippen molar-refractivity contribution < 1.29 is 4.39 Å². The van der Waals surface area contributed by atoms with Crippen LogP contribution in [-0.4, -0.2) is 21.2 Å². The second-order valence-electron chi connectivity index (χ2n) is 7.55. The van der Waals surface area contributed by atoms with Crippen LogP contribution in [0.2, 0.25) is 0 Å². The average molecular weight is 369 g/mol. The second-order valence-corrected chi connectivity index (χ2v) is 7.55. The molecule has 3 aromatic rings. The SMILES string of the molecule is CC[C@@H](CF)n1cc(C)c2nc(-c3ccc(C(C)C)nc3CN)c(C)cc21. The van der Waals surface area contributed by atoms with Crippen LogP contribution in [0.3, 0.4) is 0 Å². The Bertz CT molecular complexity index is 955. The highest BCUT2D eigenvalue weighted by Gasteiger charge is 2.18. The Morgan fingerprint density at radius 3 is 2.48 bits per heavy atom. The van der Waals surface area contributed by atoms with Crippen LogP contribution in [0.25, 0.3) is 22.3 Å². The number of aryl methyl sites for hydroxylation is 2. The molecule has 0 saturated heterocycles. The van der Waals surface area contributed by atoms with Crippen molar-refractivity contribution in [2.24, 2.45) is 5.73 Å². The molecule has 0 unspecified atom stereocenters. The van der Waals surface area contributed by atoms with Gasteiger partial charge in [0, 0.05) is 24.0 Å². The molecule has 0 saturated carbocycles. The Balaban J connectivity index is 2.20. The Kier molecular flexibility index (Phi) is 5.61. The van der Waals surface area contributed by atoms with Crippen molar-refractivity contribution in [3.8, 4) is 11.3 Å². The molecule has 0 aliphatic rings. The zero-order valence-electron chi connectivity index (χ0n) is 16.9. The quantitative estimate of drug-likeness (QED) is 0.649. The van der Waals surface area contributed by atoms with Crippen LogP contribution < -0.4 is 5.73 Å². The zero-order chi connectivity index (χ0) is 19.7. The van der Waals surface area contributed by atoms with E-state index in [2.05, 4.69) is 32.0 Å². The van der Waals surface area contributed by atoms with Gasteiger partial charge in [0.25, 0.3) is 0 Å². The predicted octanol–water partition coefficient (Wildman–Crippen LogP) is 5.22. The van der Waals surface area contributed by atoms with Gasteiger partial charge >= 0.3 is 0 Å². The van der Waals surface area contributed by atoms with Crippen LogP contribution in [0.15, 0.2) is 24.4 Å². The standard InChI is InChI=1S/C22H29FN4/c1-6-16(10-23)27-12-15(5)22-20(27)9-14(4)21(26-22)17-7-8-18(13(2)3)25-19(17)11-24/h7-9,12-13,16H,6,10-11,24H2,1-5H3/t16-/m0/s1. The predicted molar refractivity (Wildman–Crippen MR) is 110 cm³/mol. The van der Waals surface area contributed by atoms with Gasteiger partial charge in [0.05, 0.1) is 28.5 Å². The van der Waals surface area contributed by atoms with Crippen LogP contribution in [0, 0.1) is 13.8 Å². The first-order valence-corrected chi connectivity index (χ1v) is 9.66. The number of halogens is 1. The van der Waals surface area contributed by atoms with Gasteiger partial charge in [-0.05, 0) is 55.5 Å². The molecule has 0 radical (unpaired) electrons. The Labute approximate surface area is 160 Å². The topological polar surface area (TPSA) is 56.7 Å². The van der Waals surface area contributed by atoms with Gasteiger partial charge in [-0.1, -0.05) is 20.8 Å². The van der Waals surface area contributed by atoms with Crippen molar-refractivity contribution in [1.29, 1.82) is 0 Å². The number of alkyl halides is 1. The van der Waals surface area contributed by atoms with E-state index in [0.717, 1.165) is 51.2 Å². The van der Waals surface area contributed by atoms with E-state index >= 15 is 0 Å². The Morgan fingerprint density at radius 1 is 1.15 bits per heavy atom. The number of nitrogens with two attached hydrogens (primary N) is 1. The molecule has 3 aromatic heterocycles. The molecule has 0 bridgehead atoms. The molecule has 2 N–H and O–H groups in total. The molecule has 0 fully saturated rings. The molecule has 27 heavy (non-hydrogen) atoms. The molecule has 0 amide bonds. The highest BCUT2D eigenvalue weighted by molar-refractivity contribution is 5.84. The summed E-state index contributed by atoms with van der Waals surface area (Å²) in [6, 6.07) is 6.09. The van der Waals surface area contributed by atoms with Gasteiger partial charge in [0.2, 0.25) is 0 Å². The summed E-state index contributed by atoms with van der Waals surface area (Å²) in [6.45, 7) is 10.3. The summed E-state index contributed by atoms with van der Waals surface area (Å²) in [5.41, 5.74) is 13.8. The van der Waals surface area contributed by atoms with Gasteiger partial charge in [-0.15, -0.1) is 0 Å². The van der Waals surface area contributed by atoms with Gasteiger partial charge < -0.3 is 10.3 Å². The lowest BCUT2D eigenvalue weighted by atomic mass is 10.0. The van der Waals surface area contributed by atoms with Crippen molar-refractivity contribution in [3.05, 3.63) is 46.9 Å². The number of nitrogens with zero attached hydrogens (tertiary/aromatic N) is 3. The summed E-state index contributed by atoms with van der Waals surface area (Å²) in [6.07, 6.45) is 2.76. The molecule has 0 aliphatic heterocycles. The molecular formula is C22H29FN4. The van der Waals surface area contributed by atoms with E-state index in [0.29, 0.717) is 12.5 Å². The smallest absolute Gasteiger partial charge is 0.110 e. The number of aromatic nitrogens is 3. The fourth-order valence-electron chi connectivity index (χ4n) is 3.59. The van der Waals surface area contributed by atoms with Crippen molar-refractivity contribution >= 4 is 11.0 Å². The lowest BCUT2D eigenvalue weighted by Crippen LogP contribution is -2.09. The fourth-order valence-corrected chi connectivity index (χ4v) is 3.59. The average Bonchev–Trinajstić information content (AvgIpc) is 2.97.